The highest BCUT2D eigenvalue weighted by atomic mass is 17.2. The molecule has 158 valence electrons. The predicted molar refractivity (Wildman–Crippen MR) is 102 cm³/mol. The summed E-state index contributed by atoms with van der Waals surface area (Å²) >= 11 is 0. The summed E-state index contributed by atoms with van der Waals surface area (Å²) in [4.78, 5) is 51.3. The largest absolute Gasteiger partial charge is 0.478 e. The SMILES string of the molecule is C=CC(=O)OOC(=O)C(C)=CC(CC)C(C)O.O=C(O)c1ccccc1C(=O)O. The second-order valence-electron chi connectivity index (χ2n) is 5.80. The van der Waals surface area contributed by atoms with Gasteiger partial charge in [0.25, 0.3) is 0 Å². The molecule has 0 aromatic heterocycles. The zero-order chi connectivity index (χ0) is 22.6. The lowest BCUT2D eigenvalue weighted by Gasteiger charge is -2.14. The number of benzene rings is 1. The van der Waals surface area contributed by atoms with Crippen LogP contribution in [0.4, 0.5) is 0 Å². The first-order chi connectivity index (χ1) is 13.5. The summed E-state index contributed by atoms with van der Waals surface area (Å²) in [7, 11) is 0. The van der Waals surface area contributed by atoms with E-state index >= 15 is 0 Å². The van der Waals surface area contributed by atoms with Crippen LogP contribution in [0.3, 0.4) is 0 Å². The van der Waals surface area contributed by atoms with Crippen molar-refractivity contribution in [1.82, 2.24) is 0 Å². The van der Waals surface area contributed by atoms with Gasteiger partial charge in [-0.15, -0.1) is 0 Å². The van der Waals surface area contributed by atoms with Crippen molar-refractivity contribution in [2.75, 3.05) is 0 Å². The fraction of sp³-hybridized carbons (Fsp3) is 0.300. The first kappa shape index (κ1) is 25.5. The molecule has 0 amide bonds. The van der Waals surface area contributed by atoms with Crippen molar-refractivity contribution in [2.24, 2.45) is 5.92 Å². The van der Waals surface area contributed by atoms with Gasteiger partial charge < -0.3 is 15.3 Å². The van der Waals surface area contributed by atoms with E-state index in [0.29, 0.717) is 6.42 Å². The van der Waals surface area contributed by atoms with E-state index in [1.807, 2.05) is 6.92 Å². The molecule has 0 aliphatic carbocycles. The second-order valence-corrected chi connectivity index (χ2v) is 5.80. The first-order valence-electron chi connectivity index (χ1n) is 8.52. The van der Waals surface area contributed by atoms with Crippen LogP contribution in [0, 0.1) is 5.92 Å². The van der Waals surface area contributed by atoms with Crippen molar-refractivity contribution in [3.63, 3.8) is 0 Å². The van der Waals surface area contributed by atoms with E-state index in [-0.39, 0.29) is 22.6 Å². The summed E-state index contributed by atoms with van der Waals surface area (Å²) in [6.07, 6.45) is 2.61. The number of aliphatic hydroxyl groups is 1. The topological polar surface area (TPSA) is 147 Å². The van der Waals surface area contributed by atoms with Gasteiger partial charge in [0.05, 0.1) is 17.2 Å². The third-order valence-electron chi connectivity index (χ3n) is 3.63. The van der Waals surface area contributed by atoms with Crippen molar-refractivity contribution in [3.8, 4) is 0 Å². The Morgan fingerprint density at radius 2 is 1.55 bits per heavy atom. The van der Waals surface area contributed by atoms with E-state index in [1.165, 1.54) is 31.2 Å². The molecule has 9 nitrogen and oxygen atoms in total. The molecular weight excluding hydrogens is 384 g/mol. The van der Waals surface area contributed by atoms with Crippen molar-refractivity contribution in [3.05, 3.63) is 59.7 Å². The Bertz CT molecular complexity index is 745. The molecule has 0 fully saturated rings. The van der Waals surface area contributed by atoms with E-state index in [0.717, 1.165) is 6.08 Å². The Hall–Kier alpha value is -3.46. The minimum absolute atomic E-state index is 0.141. The average molecular weight is 408 g/mol. The molecular formula is C20H24O9. The van der Waals surface area contributed by atoms with Crippen LogP contribution >= 0.6 is 0 Å². The Kier molecular flexibility index (Phi) is 11.3. The second kappa shape index (κ2) is 12.8. The third-order valence-corrected chi connectivity index (χ3v) is 3.63. The molecule has 1 aromatic carbocycles. The van der Waals surface area contributed by atoms with Crippen LogP contribution in [-0.2, 0) is 19.4 Å². The standard InChI is InChI=1S/C12H18O5.C8H6O4/c1-5-10(9(4)13)7-8(3)12(15)17-16-11(14)6-2;9-7(10)5-3-1-2-4-6(5)8(11)12/h6-7,9-10,13H,2,5H2,1,3-4H3;1-4H,(H,9,10)(H,11,12). The van der Waals surface area contributed by atoms with Gasteiger partial charge in [-0.2, -0.15) is 0 Å². The third kappa shape index (κ3) is 9.34. The number of carboxylic acid groups (broad SMARTS) is 2. The lowest BCUT2D eigenvalue weighted by Crippen LogP contribution is -2.16. The van der Waals surface area contributed by atoms with Crippen LogP contribution in [0.1, 0.15) is 47.9 Å². The van der Waals surface area contributed by atoms with Gasteiger partial charge in [0.15, 0.2) is 0 Å². The van der Waals surface area contributed by atoms with Gasteiger partial charge in [0, 0.05) is 17.6 Å². The summed E-state index contributed by atoms with van der Waals surface area (Å²) < 4.78 is 0. The maximum absolute atomic E-state index is 11.4. The highest BCUT2D eigenvalue weighted by Crippen LogP contribution is 2.13. The molecule has 0 spiro atoms. The average Bonchev–Trinajstić information content (AvgIpc) is 2.69. The summed E-state index contributed by atoms with van der Waals surface area (Å²) in [5, 5.41) is 26.5. The van der Waals surface area contributed by atoms with Crippen LogP contribution in [0.2, 0.25) is 0 Å². The summed E-state index contributed by atoms with van der Waals surface area (Å²) in [5.41, 5.74) is -0.107. The Balaban J connectivity index is 0.000000571. The van der Waals surface area contributed by atoms with Crippen LogP contribution in [-0.4, -0.2) is 45.3 Å². The highest BCUT2D eigenvalue weighted by molar-refractivity contribution is 6.01. The van der Waals surface area contributed by atoms with Gasteiger partial charge in [-0.05, 0) is 32.4 Å². The number of aliphatic hydroxyl groups excluding tert-OH is 1. The highest BCUT2D eigenvalue weighted by Gasteiger charge is 2.15. The Labute approximate surface area is 167 Å². The maximum atomic E-state index is 11.4. The monoisotopic (exact) mass is 408 g/mol. The molecule has 0 radical (unpaired) electrons. The van der Waals surface area contributed by atoms with Crippen molar-refractivity contribution in [2.45, 2.75) is 33.3 Å². The number of rotatable bonds is 7. The smallest absolute Gasteiger partial charge is 0.381 e. The minimum Gasteiger partial charge on any atom is -0.478 e. The van der Waals surface area contributed by atoms with Crippen molar-refractivity contribution in [1.29, 1.82) is 0 Å². The van der Waals surface area contributed by atoms with Gasteiger partial charge >= 0.3 is 23.9 Å². The molecule has 0 saturated carbocycles. The molecule has 2 unspecified atom stereocenters. The van der Waals surface area contributed by atoms with Gasteiger partial charge in [-0.1, -0.05) is 31.7 Å². The van der Waals surface area contributed by atoms with E-state index in [2.05, 4.69) is 16.4 Å². The molecule has 1 aromatic rings. The number of aromatic carboxylic acids is 2. The van der Waals surface area contributed by atoms with Crippen LogP contribution in [0.25, 0.3) is 0 Å². The maximum Gasteiger partial charge on any atom is 0.381 e. The lowest BCUT2D eigenvalue weighted by molar-refractivity contribution is -0.251. The zero-order valence-electron chi connectivity index (χ0n) is 16.3. The van der Waals surface area contributed by atoms with Crippen molar-refractivity contribution < 1.29 is 44.3 Å². The number of carboxylic acids is 2. The molecule has 29 heavy (non-hydrogen) atoms. The van der Waals surface area contributed by atoms with E-state index in [1.54, 1.807) is 13.0 Å². The number of carbonyl (C=O) groups excluding carboxylic acids is 2. The number of carbonyl (C=O) groups is 4. The molecule has 0 aliphatic rings. The Morgan fingerprint density at radius 3 is 1.90 bits per heavy atom. The summed E-state index contributed by atoms with van der Waals surface area (Å²) in [6.45, 7) is 8.21. The van der Waals surface area contributed by atoms with E-state index in [9.17, 15) is 24.3 Å². The fourth-order valence-electron chi connectivity index (χ4n) is 2.02. The molecule has 0 heterocycles. The molecule has 0 saturated heterocycles. The quantitative estimate of drug-likeness (QED) is 0.352. The molecule has 2 atom stereocenters. The number of hydrogen-bond donors (Lipinski definition) is 3. The van der Waals surface area contributed by atoms with Crippen LogP contribution in [0.15, 0.2) is 48.6 Å². The summed E-state index contributed by atoms with van der Waals surface area (Å²) in [6, 6.07) is 5.48. The van der Waals surface area contributed by atoms with Gasteiger partial charge in [0.1, 0.15) is 0 Å². The van der Waals surface area contributed by atoms with Gasteiger partial charge in [-0.3, -0.25) is 0 Å². The molecule has 9 heteroatoms. The van der Waals surface area contributed by atoms with Gasteiger partial charge in [0.2, 0.25) is 0 Å². The van der Waals surface area contributed by atoms with Crippen LogP contribution < -0.4 is 0 Å². The number of hydrogen-bond acceptors (Lipinski definition) is 7. The molecule has 0 bridgehead atoms. The van der Waals surface area contributed by atoms with Crippen LogP contribution in [0.5, 0.6) is 0 Å². The van der Waals surface area contributed by atoms with E-state index < -0.39 is 30.0 Å². The van der Waals surface area contributed by atoms with E-state index in [4.69, 9.17) is 10.2 Å². The summed E-state index contributed by atoms with van der Waals surface area (Å²) in [5.74, 6) is -4.20. The predicted octanol–water partition coefficient (Wildman–Crippen LogP) is 2.61. The lowest BCUT2D eigenvalue weighted by atomic mass is 9.98. The zero-order valence-corrected chi connectivity index (χ0v) is 16.3. The molecule has 1 rings (SSSR count). The normalized spacial score (nSPS) is 12.5. The molecule has 0 aliphatic heterocycles. The van der Waals surface area contributed by atoms with Gasteiger partial charge in [-0.25, -0.2) is 29.0 Å². The van der Waals surface area contributed by atoms with Crippen molar-refractivity contribution >= 4 is 23.9 Å². The fourth-order valence-corrected chi connectivity index (χ4v) is 2.02. The first-order valence-corrected chi connectivity index (χ1v) is 8.52. The Morgan fingerprint density at radius 1 is 1.07 bits per heavy atom. The minimum atomic E-state index is -1.23. The molecule has 3 N–H and O–H groups in total.